The lowest BCUT2D eigenvalue weighted by molar-refractivity contribution is 0.0619. The number of terminal acetylenes is 1. The van der Waals surface area contributed by atoms with Crippen LogP contribution in [0.5, 0.6) is 0 Å². The second kappa shape index (κ2) is 9.44. The molecule has 0 atom stereocenters. The van der Waals surface area contributed by atoms with Gasteiger partial charge in [-0.1, -0.05) is 5.92 Å². The molecule has 0 saturated carbocycles. The molecule has 1 N–H and O–H groups in total. The van der Waals surface area contributed by atoms with Crippen LogP contribution in [0.25, 0.3) is 0 Å². The molecule has 0 unspecified atom stereocenters. The molecule has 0 aliphatic heterocycles. The number of hydrogen-bond acceptors (Lipinski definition) is 3. The van der Waals surface area contributed by atoms with E-state index in [9.17, 15) is 0 Å². The first-order chi connectivity index (χ1) is 5.41. The summed E-state index contributed by atoms with van der Waals surface area (Å²) >= 11 is 0. The second-order valence-corrected chi connectivity index (χ2v) is 1.97. The van der Waals surface area contributed by atoms with E-state index in [0.29, 0.717) is 19.8 Å². The molecule has 64 valence electrons. The summed E-state index contributed by atoms with van der Waals surface area (Å²) in [5.41, 5.74) is 0. The highest BCUT2D eigenvalue weighted by Gasteiger charge is 1.86. The van der Waals surface area contributed by atoms with Gasteiger partial charge in [-0.25, -0.2) is 0 Å². The highest BCUT2D eigenvalue weighted by Crippen LogP contribution is 1.76. The number of ether oxygens (including phenoxy) is 2. The van der Waals surface area contributed by atoms with Gasteiger partial charge in [0, 0.05) is 6.54 Å². The number of likely N-dealkylation sites (N-methyl/N-ethyl adjacent to an activating group) is 1. The summed E-state index contributed by atoms with van der Waals surface area (Å²) in [4.78, 5) is 0. The Bertz CT molecular complexity index is 109. The van der Waals surface area contributed by atoms with Crippen molar-refractivity contribution < 1.29 is 9.47 Å². The third-order valence-electron chi connectivity index (χ3n) is 1.05. The van der Waals surface area contributed by atoms with Crippen LogP contribution in [0.3, 0.4) is 0 Å². The van der Waals surface area contributed by atoms with E-state index in [-0.39, 0.29) is 0 Å². The maximum atomic E-state index is 5.16. The zero-order valence-corrected chi connectivity index (χ0v) is 6.93. The standard InChI is InChI=1S/C8H15NO2/c1-3-5-10-7-8-11-6-4-9-2/h1,9H,4-8H2,2H3. The van der Waals surface area contributed by atoms with Crippen molar-refractivity contribution in [1.29, 1.82) is 0 Å². The molecule has 0 aliphatic rings. The predicted octanol–water partition coefficient (Wildman–Crippen LogP) is -0.128. The van der Waals surface area contributed by atoms with Gasteiger partial charge in [-0.2, -0.15) is 0 Å². The van der Waals surface area contributed by atoms with Crippen molar-refractivity contribution in [3.63, 3.8) is 0 Å². The van der Waals surface area contributed by atoms with Gasteiger partial charge in [-0.15, -0.1) is 6.42 Å². The van der Waals surface area contributed by atoms with Crippen molar-refractivity contribution in [3.8, 4) is 12.3 Å². The lowest BCUT2D eigenvalue weighted by Crippen LogP contribution is -2.16. The zero-order chi connectivity index (χ0) is 8.36. The van der Waals surface area contributed by atoms with Crippen LogP contribution in [0.1, 0.15) is 0 Å². The Morgan fingerprint density at radius 1 is 1.27 bits per heavy atom. The summed E-state index contributed by atoms with van der Waals surface area (Å²) in [6.07, 6.45) is 4.97. The molecule has 0 bridgehead atoms. The van der Waals surface area contributed by atoms with Gasteiger partial charge < -0.3 is 14.8 Å². The highest BCUT2D eigenvalue weighted by molar-refractivity contribution is 4.82. The van der Waals surface area contributed by atoms with E-state index in [1.807, 2.05) is 7.05 Å². The Balaban J connectivity index is 2.75. The highest BCUT2D eigenvalue weighted by atomic mass is 16.5. The summed E-state index contributed by atoms with van der Waals surface area (Å²) in [6.45, 7) is 3.15. The molecule has 0 saturated heterocycles. The molecule has 0 heterocycles. The van der Waals surface area contributed by atoms with Gasteiger partial charge in [-0.05, 0) is 7.05 Å². The van der Waals surface area contributed by atoms with Crippen LogP contribution in [0.2, 0.25) is 0 Å². The normalized spacial score (nSPS) is 9.45. The second-order valence-electron chi connectivity index (χ2n) is 1.97. The number of rotatable bonds is 7. The van der Waals surface area contributed by atoms with Gasteiger partial charge in [0.15, 0.2) is 0 Å². The van der Waals surface area contributed by atoms with Gasteiger partial charge in [0.2, 0.25) is 0 Å². The summed E-state index contributed by atoms with van der Waals surface area (Å²) in [5.74, 6) is 2.38. The smallest absolute Gasteiger partial charge is 0.107 e. The Morgan fingerprint density at radius 3 is 2.64 bits per heavy atom. The molecule has 0 aromatic heterocycles. The fourth-order valence-electron chi connectivity index (χ4n) is 0.525. The van der Waals surface area contributed by atoms with E-state index in [2.05, 4.69) is 11.2 Å². The van der Waals surface area contributed by atoms with Gasteiger partial charge in [0.05, 0.1) is 19.8 Å². The van der Waals surface area contributed by atoms with Crippen molar-refractivity contribution in [3.05, 3.63) is 0 Å². The van der Waals surface area contributed by atoms with Crippen LogP contribution in [-0.2, 0) is 9.47 Å². The van der Waals surface area contributed by atoms with Gasteiger partial charge in [0.25, 0.3) is 0 Å². The Kier molecular flexibility index (Phi) is 8.96. The average molecular weight is 157 g/mol. The molecule has 0 aliphatic carbocycles. The van der Waals surface area contributed by atoms with Crippen molar-refractivity contribution in [2.24, 2.45) is 0 Å². The lowest BCUT2D eigenvalue weighted by atomic mass is 10.6. The van der Waals surface area contributed by atoms with E-state index in [1.165, 1.54) is 0 Å². The molecule has 0 radical (unpaired) electrons. The number of nitrogens with one attached hydrogen (secondary N) is 1. The minimum absolute atomic E-state index is 0.370. The van der Waals surface area contributed by atoms with E-state index < -0.39 is 0 Å². The number of hydrogen-bond donors (Lipinski definition) is 1. The maximum Gasteiger partial charge on any atom is 0.107 e. The molecular weight excluding hydrogens is 142 g/mol. The van der Waals surface area contributed by atoms with Crippen LogP contribution in [0, 0.1) is 12.3 Å². The summed E-state index contributed by atoms with van der Waals surface area (Å²) in [5, 5.41) is 2.97. The minimum atomic E-state index is 0.370. The van der Waals surface area contributed by atoms with Crippen LogP contribution < -0.4 is 5.32 Å². The fourth-order valence-corrected chi connectivity index (χ4v) is 0.525. The van der Waals surface area contributed by atoms with Gasteiger partial charge >= 0.3 is 0 Å². The first-order valence-electron chi connectivity index (χ1n) is 3.65. The monoisotopic (exact) mass is 157 g/mol. The van der Waals surface area contributed by atoms with Crippen molar-refractivity contribution >= 4 is 0 Å². The molecule has 0 aromatic carbocycles. The maximum absolute atomic E-state index is 5.16. The average Bonchev–Trinajstić information content (AvgIpc) is 2.03. The molecular formula is C8H15NO2. The van der Waals surface area contributed by atoms with Crippen molar-refractivity contribution in [1.82, 2.24) is 5.32 Å². The first-order valence-corrected chi connectivity index (χ1v) is 3.65. The van der Waals surface area contributed by atoms with E-state index in [1.54, 1.807) is 0 Å². The first kappa shape index (κ1) is 10.4. The molecule has 11 heavy (non-hydrogen) atoms. The molecule has 0 amide bonds. The van der Waals surface area contributed by atoms with Crippen LogP contribution in [0.4, 0.5) is 0 Å². The minimum Gasteiger partial charge on any atom is -0.378 e. The largest absolute Gasteiger partial charge is 0.378 e. The van der Waals surface area contributed by atoms with E-state index in [0.717, 1.165) is 13.2 Å². The Labute approximate surface area is 68.1 Å². The molecule has 3 nitrogen and oxygen atoms in total. The van der Waals surface area contributed by atoms with Crippen molar-refractivity contribution in [2.45, 2.75) is 0 Å². The quantitative estimate of drug-likeness (QED) is 0.412. The predicted molar refractivity (Wildman–Crippen MR) is 44.4 cm³/mol. The topological polar surface area (TPSA) is 30.5 Å². The lowest BCUT2D eigenvalue weighted by Gasteiger charge is -2.02. The third-order valence-corrected chi connectivity index (χ3v) is 1.05. The van der Waals surface area contributed by atoms with Crippen molar-refractivity contribution in [2.75, 3.05) is 40.0 Å². The molecule has 0 aromatic rings. The summed E-state index contributed by atoms with van der Waals surface area (Å²) < 4.78 is 10.1. The van der Waals surface area contributed by atoms with Crippen LogP contribution in [0.15, 0.2) is 0 Å². The van der Waals surface area contributed by atoms with Gasteiger partial charge in [-0.3, -0.25) is 0 Å². The summed E-state index contributed by atoms with van der Waals surface area (Å²) in [6, 6.07) is 0. The van der Waals surface area contributed by atoms with E-state index >= 15 is 0 Å². The third kappa shape index (κ3) is 9.44. The molecule has 0 rings (SSSR count). The summed E-state index contributed by atoms with van der Waals surface area (Å²) in [7, 11) is 1.89. The zero-order valence-electron chi connectivity index (χ0n) is 6.93. The fraction of sp³-hybridized carbons (Fsp3) is 0.750. The molecule has 0 spiro atoms. The Hall–Kier alpha value is -0.560. The van der Waals surface area contributed by atoms with Crippen LogP contribution in [-0.4, -0.2) is 40.0 Å². The van der Waals surface area contributed by atoms with Crippen LogP contribution >= 0.6 is 0 Å². The van der Waals surface area contributed by atoms with Gasteiger partial charge in [0.1, 0.15) is 6.61 Å². The Morgan fingerprint density at radius 2 is 2.00 bits per heavy atom. The SMILES string of the molecule is C#CCOCCOCCNC. The van der Waals surface area contributed by atoms with E-state index in [4.69, 9.17) is 15.9 Å². The molecule has 0 fully saturated rings. The molecule has 3 heteroatoms.